The first-order valence-electron chi connectivity index (χ1n) is 9.96. The largest absolute Gasteiger partial charge is 0.366 e. The van der Waals surface area contributed by atoms with Gasteiger partial charge in [-0.25, -0.2) is 4.39 Å². The minimum atomic E-state index is -0.572. The Bertz CT molecular complexity index is 1050. The highest BCUT2D eigenvalue weighted by Gasteiger charge is 2.36. The quantitative estimate of drug-likeness (QED) is 0.425. The molecule has 1 amide bonds. The van der Waals surface area contributed by atoms with Crippen LogP contribution in [0.5, 0.6) is 0 Å². The molecule has 0 fully saturated rings. The van der Waals surface area contributed by atoms with Crippen LogP contribution < -0.4 is 10.2 Å². The van der Waals surface area contributed by atoms with Gasteiger partial charge in [-0.2, -0.15) is 5.26 Å². The molecule has 30 heavy (non-hydrogen) atoms. The van der Waals surface area contributed by atoms with E-state index in [0.717, 1.165) is 28.7 Å². The van der Waals surface area contributed by atoms with Crippen LogP contribution in [0.1, 0.15) is 51.2 Å². The molecule has 1 heterocycles. The number of carbonyl (C=O) groups excluding carboxylic acids is 1. The number of nitrogens with zero attached hydrogens (tertiary/aromatic N) is 2. The van der Waals surface area contributed by atoms with Gasteiger partial charge < -0.3 is 10.2 Å². The molecule has 0 spiro atoms. The second kappa shape index (κ2) is 8.61. The average Bonchev–Trinajstić information content (AvgIpc) is 2.66. The molecule has 0 saturated carbocycles. The van der Waals surface area contributed by atoms with E-state index in [1.807, 2.05) is 12.1 Å². The van der Waals surface area contributed by atoms with Gasteiger partial charge >= 0.3 is 0 Å². The Morgan fingerprint density at radius 1 is 1.40 bits per heavy atom. The molecule has 0 aliphatic carbocycles. The van der Waals surface area contributed by atoms with Crippen molar-refractivity contribution in [2.75, 3.05) is 16.8 Å². The number of hydrogen-bond donors (Lipinski definition) is 1. The maximum atomic E-state index is 15.0. The third-order valence-electron chi connectivity index (χ3n) is 5.57. The van der Waals surface area contributed by atoms with Gasteiger partial charge in [-0.1, -0.05) is 28.9 Å². The summed E-state index contributed by atoms with van der Waals surface area (Å²) in [6, 6.07) is 12.3. The highest BCUT2D eigenvalue weighted by Crippen LogP contribution is 2.44. The van der Waals surface area contributed by atoms with Crippen LogP contribution in [0.2, 0.25) is 0 Å². The molecule has 1 N–H and O–H groups in total. The third-order valence-corrected chi connectivity index (χ3v) is 6.06. The molecule has 0 saturated heterocycles. The van der Waals surface area contributed by atoms with Crippen LogP contribution in [-0.2, 0) is 4.79 Å². The molecule has 4 nitrogen and oxygen atoms in total. The number of nitriles is 1. The lowest BCUT2D eigenvalue weighted by atomic mass is 9.79. The summed E-state index contributed by atoms with van der Waals surface area (Å²) in [6.45, 7) is 9.31. The summed E-state index contributed by atoms with van der Waals surface area (Å²) in [4.78, 5) is 14.8. The molecule has 3 rings (SSSR count). The zero-order valence-corrected chi connectivity index (χ0v) is 19.2. The maximum Gasteiger partial charge on any atom is 0.266 e. The second-order valence-corrected chi connectivity index (χ2v) is 9.14. The van der Waals surface area contributed by atoms with E-state index in [9.17, 15) is 14.4 Å². The van der Waals surface area contributed by atoms with E-state index in [1.54, 1.807) is 24.3 Å². The van der Waals surface area contributed by atoms with Gasteiger partial charge in [-0.05, 0) is 75.1 Å². The highest BCUT2D eigenvalue weighted by molar-refractivity contribution is 9.10. The minimum absolute atomic E-state index is 0.0629. The van der Waals surface area contributed by atoms with Gasteiger partial charge in [0, 0.05) is 33.5 Å². The van der Waals surface area contributed by atoms with Crippen LogP contribution in [0, 0.1) is 17.1 Å². The van der Waals surface area contributed by atoms with E-state index in [0.29, 0.717) is 5.69 Å². The Morgan fingerprint density at radius 2 is 2.13 bits per heavy atom. The molecule has 2 aromatic rings. The first-order valence-corrected chi connectivity index (χ1v) is 10.8. The lowest BCUT2D eigenvalue weighted by Gasteiger charge is -2.47. The van der Waals surface area contributed by atoms with Gasteiger partial charge in [0.1, 0.15) is 17.5 Å². The summed E-state index contributed by atoms with van der Waals surface area (Å²) in [7, 11) is 0. The SMILES string of the molecule is CCN1c2cc(F)c(/C=C(\C#N)C(=O)Nc3cccc(Br)c3)cc2C(C)CC1(C)C. The molecule has 1 aliphatic rings. The summed E-state index contributed by atoms with van der Waals surface area (Å²) >= 11 is 3.34. The fourth-order valence-corrected chi connectivity index (χ4v) is 4.70. The Morgan fingerprint density at radius 3 is 2.77 bits per heavy atom. The molecule has 1 aliphatic heterocycles. The molecule has 1 unspecified atom stereocenters. The summed E-state index contributed by atoms with van der Waals surface area (Å²) in [5, 5.41) is 12.2. The van der Waals surface area contributed by atoms with Crippen molar-refractivity contribution in [3.8, 4) is 6.07 Å². The van der Waals surface area contributed by atoms with Crippen molar-refractivity contribution in [3.63, 3.8) is 0 Å². The molecule has 0 bridgehead atoms. The van der Waals surface area contributed by atoms with Crippen molar-refractivity contribution < 1.29 is 9.18 Å². The van der Waals surface area contributed by atoms with Gasteiger partial charge in [0.05, 0.1) is 0 Å². The number of anilines is 2. The number of benzene rings is 2. The molecule has 2 aromatic carbocycles. The smallest absolute Gasteiger partial charge is 0.266 e. The van der Waals surface area contributed by atoms with Gasteiger partial charge in [0.2, 0.25) is 0 Å². The topological polar surface area (TPSA) is 56.1 Å². The Hall–Kier alpha value is -2.65. The molecule has 6 heteroatoms. The van der Waals surface area contributed by atoms with Gasteiger partial charge in [-0.3, -0.25) is 4.79 Å². The second-order valence-electron chi connectivity index (χ2n) is 8.23. The minimum Gasteiger partial charge on any atom is -0.366 e. The standard InChI is InChI=1S/C24H25BrFN3O/c1-5-29-22-12-21(26)16(10-20(22)15(2)13-24(29,3)4)9-17(14-27)23(30)28-19-8-6-7-18(25)11-19/h6-12,15H,5,13H2,1-4H3,(H,28,30)/b17-9+. The summed E-state index contributed by atoms with van der Waals surface area (Å²) in [6.07, 6.45) is 2.27. The van der Waals surface area contributed by atoms with Gasteiger partial charge in [0.15, 0.2) is 0 Å². The first-order chi connectivity index (χ1) is 14.2. The maximum absolute atomic E-state index is 15.0. The van der Waals surface area contributed by atoms with Crippen LogP contribution >= 0.6 is 15.9 Å². The lowest BCUT2D eigenvalue weighted by Crippen LogP contribution is -2.48. The number of carbonyl (C=O) groups is 1. The number of halogens is 2. The highest BCUT2D eigenvalue weighted by atomic mass is 79.9. The van der Waals surface area contributed by atoms with Crippen molar-refractivity contribution in [3.05, 3.63) is 63.4 Å². The normalized spacial score (nSPS) is 17.8. The molecule has 0 radical (unpaired) electrons. The predicted octanol–water partition coefficient (Wildman–Crippen LogP) is 6.25. The molecular weight excluding hydrogens is 445 g/mol. The Kier molecular flexibility index (Phi) is 6.33. The predicted molar refractivity (Wildman–Crippen MR) is 123 cm³/mol. The molecule has 156 valence electrons. The van der Waals surface area contributed by atoms with E-state index >= 15 is 0 Å². The summed E-state index contributed by atoms with van der Waals surface area (Å²) < 4.78 is 15.8. The van der Waals surface area contributed by atoms with E-state index in [2.05, 4.69) is 53.8 Å². The van der Waals surface area contributed by atoms with Crippen molar-refractivity contribution in [1.29, 1.82) is 5.26 Å². The van der Waals surface area contributed by atoms with Crippen molar-refractivity contribution >= 4 is 39.3 Å². The number of fused-ring (bicyclic) bond motifs is 1. The van der Waals surface area contributed by atoms with Gasteiger partial charge in [0.25, 0.3) is 5.91 Å². The van der Waals surface area contributed by atoms with Crippen molar-refractivity contribution in [2.24, 2.45) is 0 Å². The molecule has 1 atom stereocenters. The molecule has 0 aromatic heterocycles. The number of amides is 1. The van der Waals surface area contributed by atoms with Crippen LogP contribution in [0.15, 0.2) is 46.4 Å². The number of nitrogens with one attached hydrogen (secondary N) is 1. The monoisotopic (exact) mass is 469 g/mol. The zero-order valence-electron chi connectivity index (χ0n) is 17.6. The number of hydrogen-bond acceptors (Lipinski definition) is 3. The van der Waals surface area contributed by atoms with E-state index < -0.39 is 11.7 Å². The van der Waals surface area contributed by atoms with E-state index in [1.165, 1.54) is 12.1 Å². The molecular formula is C24H25BrFN3O. The fourth-order valence-electron chi connectivity index (χ4n) is 4.30. The number of rotatable bonds is 4. The van der Waals surface area contributed by atoms with E-state index in [-0.39, 0.29) is 22.6 Å². The zero-order chi connectivity index (χ0) is 22.1. The van der Waals surface area contributed by atoms with Gasteiger partial charge in [-0.15, -0.1) is 0 Å². The van der Waals surface area contributed by atoms with Crippen LogP contribution in [-0.4, -0.2) is 18.0 Å². The average molecular weight is 470 g/mol. The third kappa shape index (κ3) is 4.41. The van der Waals surface area contributed by atoms with Crippen molar-refractivity contribution in [1.82, 2.24) is 0 Å². The fraction of sp³-hybridized carbons (Fsp3) is 0.333. The first kappa shape index (κ1) is 22.0. The Balaban J connectivity index is 1.97. The Labute approximate surface area is 185 Å². The van der Waals surface area contributed by atoms with E-state index in [4.69, 9.17) is 0 Å². The summed E-state index contributed by atoms with van der Waals surface area (Å²) in [5.41, 5.74) is 2.51. The summed E-state index contributed by atoms with van der Waals surface area (Å²) in [5.74, 6) is -0.774. The van der Waals surface area contributed by atoms with Crippen molar-refractivity contribution in [2.45, 2.75) is 45.6 Å². The van der Waals surface area contributed by atoms with Crippen LogP contribution in [0.4, 0.5) is 15.8 Å². The van der Waals surface area contributed by atoms with Crippen LogP contribution in [0.3, 0.4) is 0 Å². The van der Waals surface area contributed by atoms with Crippen LogP contribution in [0.25, 0.3) is 6.08 Å². The lowest BCUT2D eigenvalue weighted by molar-refractivity contribution is -0.112.